The van der Waals surface area contributed by atoms with Crippen LogP contribution in [0.15, 0.2) is 24.3 Å². The second-order valence-corrected chi connectivity index (χ2v) is 4.57. The lowest BCUT2D eigenvalue weighted by atomic mass is 10.1. The van der Waals surface area contributed by atoms with Crippen molar-refractivity contribution in [2.45, 2.75) is 26.7 Å². The summed E-state index contributed by atoms with van der Waals surface area (Å²) >= 11 is 0. The van der Waals surface area contributed by atoms with Crippen LogP contribution in [0.3, 0.4) is 0 Å². The first-order valence-electron chi connectivity index (χ1n) is 6.93. The zero-order valence-electron chi connectivity index (χ0n) is 12.1. The Kier molecular flexibility index (Phi) is 6.56. The Hall–Kier alpha value is -2.04. The fourth-order valence-corrected chi connectivity index (χ4v) is 1.96. The van der Waals surface area contributed by atoms with Crippen LogP contribution in [-0.4, -0.2) is 41.6 Å². The molecule has 0 atom stereocenters. The summed E-state index contributed by atoms with van der Waals surface area (Å²) in [6, 6.07) is 6.71. The molecule has 1 aromatic carbocycles. The van der Waals surface area contributed by atoms with Gasteiger partial charge in [0.15, 0.2) is 0 Å². The molecule has 1 aromatic rings. The standard InChI is InChI=1S/C15H22N2O3/c1-3-10-17(4-2)15(20)16-9-8-12-6-5-7-13(11-12)14(18)19/h5-7,11H,3-4,8-10H2,1-2H3,(H,16,20)(H,18,19). The molecule has 0 aliphatic carbocycles. The summed E-state index contributed by atoms with van der Waals surface area (Å²) in [5.74, 6) is -0.934. The van der Waals surface area contributed by atoms with Gasteiger partial charge in [0, 0.05) is 19.6 Å². The van der Waals surface area contributed by atoms with Crippen molar-refractivity contribution in [2.75, 3.05) is 19.6 Å². The van der Waals surface area contributed by atoms with E-state index >= 15 is 0 Å². The van der Waals surface area contributed by atoms with Crippen LogP contribution >= 0.6 is 0 Å². The smallest absolute Gasteiger partial charge is 0.335 e. The van der Waals surface area contributed by atoms with Crippen molar-refractivity contribution in [3.05, 3.63) is 35.4 Å². The van der Waals surface area contributed by atoms with E-state index in [2.05, 4.69) is 5.32 Å². The van der Waals surface area contributed by atoms with Crippen molar-refractivity contribution in [2.24, 2.45) is 0 Å². The monoisotopic (exact) mass is 278 g/mol. The number of rotatable bonds is 7. The van der Waals surface area contributed by atoms with Gasteiger partial charge in [-0.3, -0.25) is 0 Å². The van der Waals surface area contributed by atoms with Crippen molar-refractivity contribution in [3.8, 4) is 0 Å². The molecule has 20 heavy (non-hydrogen) atoms. The first kappa shape index (κ1) is 16.0. The fourth-order valence-electron chi connectivity index (χ4n) is 1.96. The Morgan fingerprint density at radius 3 is 2.65 bits per heavy atom. The maximum absolute atomic E-state index is 11.9. The molecule has 0 heterocycles. The number of amides is 2. The second kappa shape index (κ2) is 8.19. The van der Waals surface area contributed by atoms with Crippen LogP contribution in [0.5, 0.6) is 0 Å². The van der Waals surface area contributed by atoms with Gasteiger partial charge < -0.3 is 15.3 Å². The highest BCUT2D eigenvalue weighted by atomic mass is 16.4. The summed E-state index contributed by atoms with van der Waals surface area (Å²) in [4.78, 5) is 24.5. The van der Waals surface area contributed by atoms with Gasteiger partial charge in [-0.1, -0.05) is 19.1 Å². The summed E-state index contributed by atoms with van der Waals surface area (Å²) in [5, 5.41) is 11.8. The Balaban J connectivity index is 2.46. The number of hydrogen-bond donors (Lipinski definition) is 2. The number of carbonyl (C=O) groups is 2. The summed E-state index contributed by atoms with van der Waals surface area (Å²) in [6.45, 7) is 5.92. The molecule has 2 amide bonds. The third-order valence-electron chi connectivity index (χ3n) is 3.03. The van der Waals surface area contributed by atoms with Crippen molar-refractivity contribution in [1.82, 2.24) is 10.2 Å². The third-order valence-corrected chi connectivity index (χ3v) is 3.03. The molecule has 5 heteroatoms. The van der Waals surface area contributed by atoms with Gasteiger partial charge in [-0.25, -0.2) is 9.59 Å². The van der Waals surface area contributed by atoms with Crippen molar-refractivity contribution in [1.29, 1.82) is 0 Å². The van der Waals surface area contributed by atoms with E-state index in [-0.39, 0.29) is 11.6 Å². The molecule has 0 saturated carbocycles. The summed E-state index contributed by atoms with van der Waals surface area (Å²) in [6.07, 6.45) is 1.55. The quantitative estimate of drug-likeness (QED) is 0.804. The minimum absolute atomic E-state index is 0.0660. The van der Waals surface area contributed by atoms with Crippen LogP contribution < -0.4 is 5.32 Å². The lowest BCUT2D eigenvalue weighted by molar-refractivity contribution is 0.0696. The first-order valence-corrected chi connectivity index (χ1v) is 6.93. The van der Waals surface area contributed by atoms with Crippen molar-refractivity contribution in [3.63, 3.8) is 0 Å². The van der Waals surface area contributed by atoms with E-state index < -0.39 is 5.97 Å². The number of carbonyl (C=O) groups excluding carboxylic acids is 1. The number of carboxylic acid groups (broad SMARTS) is 1. The summed E-state index contributed by atoms with van der Waals surface area (Å²) in [5.41, 5.74) is 1.18. The van der Waals surface area contributed by atoms with Crippen LogP contribution in [0, 0.1) is 0 Å². The minimum atomic E-state index is -0.934. The molecule has 0 aliphatic heterocycles. The van der Waals surface area contributed by atoms with E-state index in [0.29, 0.717) is 19.5 Å². The molecule has 0 unspecified atom stereocenters. The van der Waals surface area contributed by atoms with E-state index in [1.54, 1.807) is 23.1 Å². The van der Waals surface area contributed by atoms with Crippen LogP contribution in [0.25, 0.3) is 0 Å². The Morgan fingerprint density at radius 2 is 2.05 bits per heavy atom. The summed E-state index contributed by atoms with van der Waals surface area (Å²) < 4.78 is 0. The van der Waals surface area contributed by atoms with E-state index in [1.807, 2.05) is 19.9 Å². The molecule has 5 nitrogen and oxygen atoms in total. The molecule has 0 radical (unpaired) electrons. The highest BCUT2D eigenvalue weighted by Gasteiger charge is 2.09. The number of nitrogens with zero attached hydrogens (tertiary/aromatic N) is 1. The molecular formula is C15H22N2O3. The average Bonchev–Trinajstić information content (AvgIpc) is 2.44. The SMILES string of the molecule is CCCN(CC)C(=O)NCCc1cccc(C(=O)O)c1. The maximum atomic E-state index is 11.9. The molecule has 0 aromatic heterocycles. The molecule has 0 bridgehead atoms. The summed E-state index contributed by atoms with van der Waals surface area (Å²) in [7, 11) is 0. The van der Waals surface area contributed by atoms with Gasteiger partial charge in [0.2, 0.25) is 0 Å². The third kappa shape index (κ3) is 4.91. The molecule has 0 fully saturated rings. The largest absolute Gasteiger partial charge is 0.478 e. The average molecular weight is 278 g/mol. The molecule has 110 valence electrons. The Morgan fingerprint density at radius 1 is 1.30 bits per heavy atom. The van der Waals surface area contributed by atoms with Crippen LogP contribution in [0.2, 0.25) is 0 Å². The van der Waals surface area contributed by atoms with Gasteiger partial charge in [0.1, 0.15) is 0 Å². The van der Waals surface area contributed by atoms with E-state index in [1.165, 1.54) is 0 Å². The van der Waals surface area contributed by atoms with E-state index in [9.17, 15) is 9.59 Å². The Bertz CT molecular complexity index is 460. The van der Waals surface area contributed by atoms with Crippen LogP contribution in [-0.2, 0) is 6.42 Å². The number of aromatic carboxylic acids is 1. The number of hydrogen-bond acceptors (Lipinski definition) is 2. The minimum Gasteiger partial charge on any atom is -0.478 e. The number of urea groups is 1. The van der Waals surface area contributed by atoms with Gasteiger partial charge in [0.25, 0.3) is 0 Å². The molecule has 2 N–H and O–H groups in total. The Labute approximate surface area is 119 Å². The molecular weight excluding hydrogens is 256 g/mol. The first-order chi connectivity index (χ1) is 9.58. The van der Waals surface area contributed by atoms with Crippen LogP contribution in [0.1, 0.15) is 36.2 Å². The molecule has 0 spiro atoms. The topological polar surface area (TPSA) is 69.6 Å². The maximum Gasteiger partial charge on any atom is 0.335 e. The zero-order chi connectivity index (χ0) is 15.0. The van der Waals surface area contributed by atoms with Gasteiger partial charge in [-0.05, 0) is 37.5 Å². The van der Waals surface area contributed by atoms with Gasteiger partial charge in [-0.15, -0.1) is 0 Å². The van der Waals surface area contributed by atoms with Gasteiger partial charge >= 0.3 is 12.0 Å². The van der Waals surface area contributed by atoms with Gasteiger partial charge in [-0.2, -0.15) is 0 Å². The predicted molar refractivity (Wildman–Crippen MR) is 78.0 cm³/mol. The van der Waals surface area contributed by atoms with E-state index in [0.717, 1.165) is 18.5 Å². The highest BCUT2D eigenvalue weighted by Crippen LogP contribution is 2.05. The second-order valence-electron chi connectivity index (χ2n) is 4.57. The number of carboxylic acids is 1. The van der Waals surface area contributed by atoms with E-state index in [4.69, 9.17) is 5.11 Å². The van der Waals surface area contributed by atoms with Crippen molar-refractivity contribution >= 4 is 12.0 Å². The predicted octanol–water partition coefficient (Wildman–Crippen LogP) is 2.37. The van der Waals surface area contributed by atoms with Crippen molar-refractivity contribution < 1.29 is 14.7 Å². The molecule has 0 aliphatic rings. The van der Waals surface area contributed by atoms with Crippen LogP contribution in [0.4, 0.5) is 4.79 Å². The fraction of sp³-hybridized carbons (Fsp3) is 0.467. The van der Waals surface area contributed by atoms with Gasteiger partial charge in [0.05, 0.1) is 5.56 Å². The lowest BCUT2D eigenvalue weighted by Gasteiger charge is -2.20. The molecule has 0 saturated heterocycles. The lowest BCUT2D eigenvalue weighted by Crippen LogP contribution is -2.41. The zero-order valence-corrected chi connectivity index (χ0v) is 12.1. The highest BCUT2D eigenvalue weighted by molar-refractivity contribution is 5.87. The number of benzene rings is 1. The molecule has 1 rings (SSSR count). The normalized spacial score (nSPS) is 10.1. The number of nitrogens with one attached hydrogen (secondary N) is 1.